The van der Waals surface area contributed by atoms with Crippen LogP contribution in [0.25, 0.3) is 22.1 Å². The number of para-hydroxylation sites is 1. The summed E-state index contributed by atoms with van der Waals surface area (Å²) in [5.74, 6) is -1.35. The van der Waals surface area contributed by atoms with Gasteiger partial charge in [0.05, 0.1) is 4.90 Å². The number of amides is 1. The molecule has 4 rings (SSSR count). The van der Waals surface area contributed by atoms with E-state index in [1.165, 1.54) is 12.1 Å². The molecule has 0 radical (unpaired) electrons. The number of benzene rings is 3. The molecule has 0 aliphatic rings. The Morgan fingerprint density at radius 3 is 2.11 bits per heavy atom. The number of aliphatic carboxylic acids is 1. The maximum absolute atomic E-state index is 12.7. The molecule has 0 aliphatic carbocycles. The van der Waals surface area contributed by atoms with Crippen LogP contribution in [0.5, 0.6) is 0 Å². The van der Waals surface area contributed by atoms with Crippen molar-refractivity contribution in [2.45, 2.75) is 31.2 Å². The molecule has 1 amide bonds. The number of carbonyl (C=O) groups is 2. The Hall–Kier alpha value is -3.95. The van der Waals surface area contributed by atoms with E-state index in [1.807, 2.05) is 32.0 Å². The van der Waals surface area contributed by atoms with Gasteiger partial charge in [-0.15, -0.1) is 0 Å². The summed E-state index contributed by atoms with van der Waals surface area (Å²) in [7, 11) is -3.99. The Kier molecular flexibility index (Phi) is 7.23. The number of carboxylic acid groups (broad SMARTS) is 1. The second-order valence-electron chi connectivity index (χ2n) is 8.85. The van der Waals surface area contributed by atoms with Crippen LogP contribution in [-0.4, -0.2) is 31.4 Å². The van der Waals surface area contributed by atoms with Crippen LogP contribution < -0.4 is 10.0 Å². The van der Waals surface area contributed by atoms with E-state index in [0.29, 0.717) is 11.3 Å². The highest BCUT2D eigenvalue weighted by molar-refractivity contribution is 7.89. The second kappa shape index (κ2) is 10.3. The van der Waals surface area contributed by atoms with Gasteiger partial charge < -0.3 is 14.8 Å². The molecule has 0 saturated heterocycles. The van der Waals surface area contributed by atoms with Gasteiger partial charge >= 0.3 is 5.97 Å². The first kappa shape index (κ1) is 25.2. The normalized spacial score (nSPS) is 12.5. The number of hydrogen-bond acceptors (Lipinski definition) is 5. The number of sulfonamides is 1. The predicted molar refractivity (Wildman–Crippen MR) is 137 cm³/mol. The van der Waals surface area contributed by atoms with Gasteiger partial charge in [0.1, 0.15) is 11.6 Å². The zero-order chi connectivity index (χ0) is 25.9. The first-order valence-electron chi connectivity index (χ1n) is 11.4. The number of rotatable bonds is 9. The smallest absolute Gasteiger partial charge is 0.321 e. The maximum Gasteiger partial charge on any atom is 0.321 e. The monoisotopic (exact) mass is 506 g/mol. The Bertz CT molecular complexity index is 1460. The molecule has 1 aromatic heterocycles. The second-order valence-corrected chi connectivity index (χ2v) is 10.6. The van der Waals surface area contributed by atoms with E-state index >= 15 is 0 Å². The average Bonchev–Trinajstić information content (AvgIpc) is 3.28. The largest absolute Gasteiger partial charge is 0.480 e. The standard InChI is InChI=1S/C27H26N2O6S/c1-17(2)15-23(27(31)32)29-36(33,34)22-13-9-19(10-14-22)18-7-11-21(12-8-18)28-26(30)25-16-20-5-3-4-6-24(20)35-25/h3-14,16-17,23,29H,15H2,1-2H3,(H,28,30)(H,31,32)/t23-/m0/s1. The van der Waals surface area contributed by atoms with Gasteiger partial charge in [-0.2, -0.15) is 4.72 Å². The van der Waals surface area contributed by atoms with Crippen LogP contribution in [0, 0.1) is 5.92 Å². The molecule has 9 heteroatoms. The van der Waals surface area contributed by atoms with Crippen molar-refractivity contribution in [3.8, 4) is 11.1 Å². The molecule has 8 nitrogen and oxygen atoms in total. The van der Waals surface area contributed by atoms with E-state index in [-0.39, 0.29) is 28.9 Å². The number of anilines is 1. The molecule has 186 valence electrons. The van der Waals surface area contributed by atoms with Gasteiger partial charge in [0.2, 0.25) is 10.0 Å². The summed E-state index contributed by atoms with van der Waals surface area (Å²) < 4.78 is 33.2. The number of carbonyl (C=O) groups excluding carboxylic acids is 1. The molecule has 36 heavy (non-hydrogen) atoms. The lowest BCUT2D eigenvalue weighted by Gasteiger charge is -2.16. The minimum absolute atomic E-state index is 0.0163. The Balaban J connectivity index is 1.44. The summed E-state index contributed by atoms with van der Waals surface area (Å²) in [6.07, 6.45) is 0.186. The molecule has 4 aromatic rings. The maximum atomic E-state index is 12.7. The van der Waals surface area contributed by atoms with Crippen LogP contribution in [0.3, 0.4) is 0 Å². The molecule has 0 spiro atoms. The molecular weight excluding hydrogens is 480 g/mol. The summed E-state index contributed by atoms with van der Waals surface area (Å²) in [5, 5.41) is 13.0. The van der Waals surface area contributed by atoms with Crippen molar-refractivity contribution < 1.29 is 27.5 Å². The van der Waals surface area contributed by atoms with Crippen LogP contribution in [0.15, 0.2) is 88.2 Å². The fourth-order valence-corrected chi connectivity index (χ4v) is 4.99. The van der Waals surface area contributed by atoms with E-state index < -0.39 is 22.0 Å². The van der Waals surface area contributed by atoms with Crippen molar-refractivity contribution in [3.63, 3.8) is 0 Å². The zero-order valence-electron chi connectivity index (χ0n) is 19.8. The third kappa shape index (κ3) is 5.81. The molecule has 0 bridgehead atoms. The highest BCUT2D eigenvalue weighted by atomic mass is 32.2. The number of carboxylic acids is 1. The lowest BCUT2D eigenvalue weighted by molar-refractivity contribution is -0.139. The molecule has 0 unspecified atom stereocenters. The Labute approximate surface area is 209 Å². The predicted octanol–water partition coefficient (Wildman–Crippen LogP) is 5.13. The first-order valence-corrected chi connectivity index (χ1v) is 12.9. The zero-order valence-corrected chi connectivity index (χ0v) is 20.6. The Morgan fingerprint density at radius 2 is 1.53 bits per heavy atom. The van der Waals surface area contributed by atoms with E-state index in [0.717, 1.165) is 16.5 Å². The summed E-state index contributed by atoms with van der Waals surface area (Å²) >= 11 is 0. The SMILES string of the molecule is CC(C)C[C@H](NS(=O)(=O)c1ccc(-c2ccc(NC(=O)c3cc4ccccc4o3)cc2)cc1)C(=O)O. The molecule has 3 aromatic carbocycles. The van der Waals surface area contributed by atoms with Gasteiger partial charge in [0, 0.05) is 11.1 Å². The molecule has 0 aliphatic heterocycles. The fourth-order valence-electron chi connectivity index (χ4n) is 3.79. The van der Waals surface area contributed by atoms with Gasteiger partial charge in [0.15, 0.2) is 5.76 Å². The van der Waals surface area contributed by atoms with E-state index in [2.05, 4.69) is 10.0 Å². The average molecular weight is 507 g/mol. The summed E-state index contributed by atoms with van der Waals surface area (Å²) in [5.41, 5.74) is 2.80. The van der Waals surface area contributed by atoms with Gasteiger partial charge in [-0.05, 0) is 59.9 Å². The van der Waals surface area contributed by atoms with Gasteiger partial charge in [-0.1, -0.05) is 56.3 Å². The van der Waals surface area contributed by atoms with Crippen molar-refractivity contribution in [3.05, 3.63) is 84.6 Å². The van der Waals surface area contributed by atoms with Crippen LogP contribution in [0.4, 0.5) is 5.69 Å². The molecule has 0 fully saturated rings. The first-order chi connectivity index (χ1) is 17.1. The summed E-state index contributed by atoms with van der Waals surface area (Å²) in [6.45, 7) is 3.66. The molecule has 1 heterocycles. The van der Waals surface area contributed by atoms with Crippen LogP contribution >= 0.6 is 0 Å². The lowest BCUT2D eigenvalue weighted by Crippen LogP contribution is -2.41. The number of furan rings is 1. The fraction of sp³-hybridized carbons (Fsp3) is 0.185. The third-order valence-corrected chi connectivity index (χ3v) is 7.08. The van der Waals surface area contributed by atoms with Crippen molar-refractivity contribution in [1.82, 2.24) is 4.72 Å². The number of hydrogen-bond donors (Lipinski definition) is 3. The van der Waals surface area contributed by atoms with Crippen LogP contribution in [-0.2, 0) is 14.8 Å². The van der Waals surface area contributed by atoms with Crippen LogP contribution in [0.1, 0.15) is 30.8 Å². The molecular formula is C27H26N2O6S. The summed E-state index contributed by atoms with van der Waals surface area (Å²) in [6, 6.07) is 21.1. The van der Waals surface area contributed by atoms with Crippen molar-refractivity contribution in [2.24, 2.45) is 5.92 Å². The van der Waals surface area contributed by atoms with Gasteiger partial charge in [-0.3, -0.25) is 9.59 Å². The van der Waals surface area contributed by atoms with E-state index in [1.54, 1.807) is 48.5 Å². The number of fused-ring (bicyclic) bond motifs is 1. The topological polar surface area (TPSA) is 126 Å². The quantitative estimate of drug-likeness (QED) is 0.289. The van der Waals surface area contributed by atoms with Crippen molar-refractivity contribution in [1.29, 1.82) is 0 Å². The number of nitrogens with one attached hydrogen (secondary N) is 2. The third-order valence-electron chi connectivity index (χ3n) is 5.59. The van der Waals surface area contributed by atoms with Gasteiger partial charge in [0.25, 0.3) is 5.91 Å². The van der Waals surface area contributed by atoms with E-state index in [4.69, 9.17) is 4.42 Å². The highest BCUT2D eigenvalue weighted by Crippen LogP contribution is 2.25. The van der Waals surface area contributed by atoms with Crippen molar-refractivity contribution >= 4 is 38.6 Å². The summed E-state index contributed by atoms with van der Waals surface area (Å²) in [4.78, 5) is 24.0. The van der Waals surface area contributed by atoms with E-state index in [9.17, 15) is 23.1 Å². The lowest BCUT2D eigenvalue weighted by atomic mass is 10.1. The van der Waals surface area contributed by atoms with Gasteiger partial charge in [-0.25, -0.2) is 8.42 Å². The molecule has 3 N–H and O–H groups in total. The Morgan fingerprint density at radius 1 is 0.917 bits per heavy atom. The van der Waals surface area contributed by atoms with Crippen LogP contribution in [0.2, 0.25) is 0 Å². The molecule has 1 atom stereocenters. The molecule has 0 saturated carbocycles. The minimum Gasteiger partial charge on any atom is -0.480 e. The highest BCUT2D eigenvalue weighted by Gasteiger charge is 2.26. The minimum atomic E-state index is -3.99. The van der Waals surface area contributed by atoms with Crippen molar-refractivity contribution in [2.75, 3.05) is 5.32 Å².